The molecule has 3 heterocycles. The Hall–Kier alpha value is -1.08. The first-order valence-electron chi connectivity index (χ1n) is 5.79. The molecule has 0 aliphatic rings. The highest BCUT2D eigenvalue weighted by Crippen LogP contribution is 2.27. The Morgan fingerprint density at radius 2 is 2.32 bits per heavy atom. The molecule has 0 saturated heterocycles. The molecule has 0 atom stereocenters. The van der Waals surface area contributed by atoms with Crippen molar-refractivity contribution in [2.75, 3.05) is 11.9 Å². The van der Waals surface area contributed by atoms with Crippen LogP contribution in [0.25, 0.3) is 4.96 Å². The number of nitrogens with zero attached hydrogens (tertiary/aromatic N) is 3. The van der Waals surface area contributed by atoms with Gasteiger partial charge in [-0.2, -0.15) is 0 Å². The van der Waals surface area contributed by atoms with Gasteiger partial charge < -0.3 is 10.6 Å². The molecule has 0 fully saturated rings. The molecule has 0 radical (unpaired) electrons. The quantitative estimate of drug-likeness (QED) is 0.804. The fourth-order valence-corrected chi connectivity index (χ4v) is 3.93. The smallest absolute Gasteiger partial charge is 0.195 e. The highest BCUT2D eigenvalue weighted by molar-refractivity contribution is 7.16. The molecule has 0 bridgehead atoms. The summed E-state index contributed by atoms with van der Waals surface area (Å²) < 4.78 is 2.87. The Kier molecular flexibility index (Phi) is 3.49. The molecule has 0 aromatic carbocycles. The van der Waals surface area contributed by atoms with E-state index in [-0.39, 0.29) is 0 Å². The number of thiazole rings is 1. The van der Waals surface area contributed by atoms with Crippen molar-refractivity contribution in [2.45, 2.75) is 13.1 Å². The Labute approximate surface area is 124 Å². The van der Waals surface area contributed by atoms with Crippen molar-refractivity contribution < 1.29 is 0 Å². The number of imidazole rings is 1. The molecule has 2 N–H and O–H groups in total. The lowest BCUT2D eigenvalue weighted by atomic mass is 10.3. The third-order valence-electron chi connectivity index (χ3n) is 2.92. The minimum absolute atomic E-state index is 0.475. The lowest BCUT2D eigenvalue weighted by molar-refractivity contribution is 0.883. The minimum Gasteiger partial charge on any atom is -0.353 e. The van der Waals surface area contributed by atoms with Gasteiger partial charge in [0.15, 0.2) is 10.8 Å². The third kappa shape index (κ3) is 2.36. The Morgan fingerprint density at radius 1 is 1.47 bits per heavy atom. The Morgan fingerprint density at radius 3 is 3.00 bits per heavy atom. The molecule has 3 rings (SSSR count). The van der Waals surface area contributed by atoms with Crippen LogP contribution in [0.3, 0.4) is 0 Å². The third-order valence-corrected chi connectivity index (χ3v) is 4.89. The van der Waals surface area contributed by atoms with Crippen LogP contribution < -0.4 is 10.6 Å². The van der Waals surface area contributed by atoms with Crippen molar-refractivity contribution in [3.63, 3.8) is 0 Å². The molecule has 0 saturated carbocycles. The van der Waals surface area contributed by atoms with Crippen LogP contribution in [0.2, 0.25) is 4.34 Å². The number of rotatable bonds is 4. The first-order valence-corrected chi connectivity index (χ1v) is 7.86. The van der Waals surface area contributed by atoms with Crippen LogP contribution in [-0.2, 0) is 13.1 Å². The summed E-state index contributed by atoms with van der Waals surface area (Å²) in [6.07, 6.45) is 2.01. The van der Waals surface area contributed by atoms with Crippen LogP contribution in [-0.4, -0.2) is 16.4 Å². The van der Waals surface area contributed by atoms with Gasteiger partial charge in [0.05, 0.1) is 16.6 Å². The summed E-state index contributed by atoms with van der Waals surface area (Å²) in [5.41, 5.74) is 6.90. The number of anilines is 1. The Balaban J connectivity index is 1.92. The largest absolute Gasteiger partial charge is 0.353 e. The van der Waals surface area contributed by atoms with Crippen molar-refractivity contribution in [3.05, 3.63) is 38.6 Å². The zero-order valence-electron chi connectivity index (χ0n) is 10.3. The second-order valence-corrected chi connectivity index (χ2v) is 6.88. The van der Waals surface area contributed by atoms with Gasteiger partial charge in [-0.25, -0.2) is 4.98 Å². The van der Waals surface area contributed by atoms with Gasteiger partial charge in [0.1, 0.15) is 0 Å². The zero-order valence-corrected chi connectivity index (χ0v) is 12.7. The van der Waals surface area contributed by atoms with Crippen molar-refractivity contribution >= 4 is 45.1 Å². The normalized spacial score (nSPS) is 11.3. The van der Waals surface area contributed by atoms with E-state index in [9.17, 15) is 0 Å². The summed E-state index contributed by atoms with van der Waals surface area (Å²) in [7, 11) is 2.03. The second-order valence-electron chi connectivity index (χ2n) is 4.20. The van der Waals surface area contributed by atoms with E-state index in [1.165, 1.54) is 4.88 Å². The molecule has 19 heavy (non-hydrogen) atoms. The van der Waals surface area contributed by atoms with E-state index in [4.69, 9.17) is 17.3 Å². The minimum atomic E-state index is 0.475. The average Bonchev–Trinajstić information content (AvgIpc) is 3.03. The first kappa shape index (κ1) is 12.9. The Bertz CT molecular complexity index is 700. The molecule has 0 unspecified atom stereocenters. The number of hydrogen-bond donors (Lipinski definition) is 1. The molecule has 3 aromatic heterocycles. The van der Waals surface area contributed by atoms with Crippen molar-refractivity contribution in [3.8, 4) is 0 Å². The maximum absolute atomic E-state index is 5.96. The van der Waals surface area contributed by atoms with E-state index in [2.05, 4.69) is 14.3 Å². The number of halogens is 1. The molecule has 100 valence electrons. The maximum Gasteiger partial charge on any atom is 0.195 e. The molecule has 3 aromatic rings. The summed E-state index contributed by atoms with van der Waals surface area (Å²) in [6.45, 7) is 1.26. The number of nitrogens with two attached hydrogens (primary N) is 1. The summed E-state index contributed by atoms with van der Waals surface area (Å²) in [5, 5.41) is 2.02. The van der Waals surface area contributed by atoms with E-state index in [1.54, 1.807) is 22.7 Å². The van der Waals surface area contributed by atoms with E-state index in [0.717, 1.165) is 27.4 Å². The fourth-order valence-electron chi connectivity index (χ4n) is 2.06. The van der Waals surface area contributed by atoms with E-state index >= 15 is 0 Å². The zero-order chi connectivity index (χ0) is 13.4. The fraction of sp³-hybridized carbons (Fsp3) is 0.250. The van der Waals surface area contributed by atoms with Gasteiger partial charge in [-0.05, 0) is 12.1 Å². The van der Waals surface area contributed by atoms with Gasteiger partial charge in [0, 0.05) is 30.0 Å². The van der Waals surface area contributed by atoms with Crippen LogP contribution >= 0.6 is 34.3 Å². The number of fused-ring (bicyclic) bond motifs is 1. The van der Waals surface area contributed by atoms with Crippen molar-refractivity contribution in [1.29, 1.82) is 0 Å². The second kappa shape index (κ2) is 5.13. The summed E-state index contributed by atoms with van der Waals surface area (Å²) >= 11 is 9.17. The maximum atomic E-state index is 5.96. The first-order chi connectivity index (χ1) is 9.19. The van der Waals surface area contributed by atoms with Gasteiger partial charge >= 0.3 is 0 Å². The average molecular weight is 313 g/mol. The van der Waals surface area contributed by atoms with Gasteiger partial charge in [0.2, 0.25) is 0 Å². The molecular formula is C12H13ClN4S2. The van der Waals surface area contributed by atoms with Crippen LogP contribution in [0.5, 0.6) is 0 Å². The van der Waals surface area contributed by atoms with Crippen LogP contribution in [0.1, 0.15) is 10.6 Å². The number of thiophene rings is 1. The predicted octanol–water partition coefficient (Wildman–Crippen LogP) is 3.21. The topological polar surface area (TPSA) is 46.6 Å². The monoisotopic (exact) mass is 312 g/mol. The summed E-state index contributed by atoms with van der Waals surface area (Å²) in [4.78, 5) is 8.95. The lowest BCUT2D eigenvalue weighted by Gasteiger charge is -2.17. The highest BCUT2D eigenvalue weighted by Gasteiger charge is 2.16. The summed E-state index contributed by atoms with van der Waals surface area (Å²) in [5.74, 6) is 0.943. The summed E-state index contributed by atoms with van der Waals surface area (Å²) in [6, 6.07) is 3.97. The van der Waals surface area contributed by atoms with Gasteiger partial charge in [-0.15, -0.1) is 22.7 Å². The molecule has 0 aliphatic heterocycles. The SMILES string of the molecule is CN(Cc1ccc(Cl)s1)c1nc2sccn2c1CN. The molecule has 0 aliphatic carbocycles. The van der Waals surface area contributed by atoms with E-state index in [0.29, 0.717) is 6.54 Å². The van der Waals surface area contributed by atoms with Gasteiger partial charge in [-0.1, -0.05) is 11.6 Å². The van der Waals surface area contributed by atoms with Crippen LogP contribution in [0, 0.1) is 0 Å². The van der Waals surface area contributed by atoms with Gasteiger partial charge in [-0.3, -0.25) is 4.40 Å². The molecule has 4 nitrogen and oxygen atoms in total. The molecule has 0 spiro atoms. The van der Waals surface area contributed by atoms with Crippen molar-refractivity contribution in [1.82, 2.24) is 9.38 Å². The van der Waals surface area contributed by atoms with Crippen molar-refractivity contribution in [2.24, 2.45) is 5.73 Å². The molecule has 7 heteroatoms. The van der Waals surface area contributed by atoms with E-state index in [1.807, 2.05) is 30.8 Å². The van der Waals surface area contributed by atoms with Gasteiger partial charge in [0.25, 0.3) is 0 Å². The predicted molar refractivity (Wildman–Crippen MR) is 82.4 cm³/mol. The van der Waals surface area contributed by atoms with Crippen LogP contribution in [0.4, 0.5) is 5.82 Å². The highest BCUT2D eigenvalue weighted by atomic mass is 35.5. The standard InChI is InChI=1S/C12H13ClN4S2/c1-16(7-8-2-3-10(13)19-8)11-9(6-14)17-4-5-18-12(17)15-11/h2-5H,6-7,14H2,1H3. The van der Waals surface area contributed by atoms with Crippen LogP contribution in [0.15, 0.2) is 23.7 Å². The lowest BCUT2D eigenvalue weighted by Crippen LogP contribution is -2.18. The molecular weight excluding hydrogens is 300 g/mol. The van der Waals surface area contributed by atoms with E-state index < -0.39 is 0 Å². The number of aromatic nitrogens is 2. The number of hydrogen-bond acceptors (Lipinski definition) is 5. The molecule has 0 amide bonds.